The van der Waals surface area contributed by atoms with Gasteiger partial charge >= 0.3 is 0 Å². The van der Waals surface area contributed by atoms with Crippen molar-refractivity contribution in [3.8, 4) is 39.5 Å². The van der Waals surface area contributed by atoms with Crippen LogP contribution in [0.1, 0.15) is 71.2 Å². The molecule has 62 heavy (non-hydrogen) atoms. The Labute approximate surface area is 382 Å². The molecule has 5 aromatic carbocycles. The molecule has 0 aliphatic heterocycles. The second-order valence-corrected chi connectivity index (χ2v) is 23.9. The summed E-state index contributed by atoms with van der Waals surface area (Å²) in [7, 11) is -1.34. The Morgan fingerprint density at radius 3 is 2.16 bits per heavy atom. The molecular weight excluding hydrogens is 953 g/mol. The van der Waals surface area contributed by atoms with Crippen LogP contribution in [0.2, 0.25) is 19.6 Å². The van der Waals surface area contributed by atoms with E-state index in [1.54, 1.807) is 0 Å². The molecule has 0 N–H and O–H groups in total. The molecule has 0 aliphatic rings. The van der Waals surface area contributed by atoms with E-state index >= 15 is 0 Å². The number of nitrogens with zero attached hydrogens (tertiary/aromatic N) is 4. The van der Waals surface area contributed by atoms with Crippen molar-refractivity contribution in [2.75, 3.05) is 0 Å². The van der Waals surface area contributed by atoms with Crippen LogP contribution < -0.4 is 5.19 Å². The van der Waals surface area contributed by atoms with Crippen LogP contribution in [0.15, 0.2) is 138 Å². The van der Waals surface area contributed by atoms with Crippen molar-refractivity contribution in [3.05, 3.63) is 163 Å². The summed E-state index contributed by atoms with van der Waals surface area (Å²) in [5, 5.41) is 3.52. The molecule has 0 aliphatic carbocycles. The van der Waals surface area contributed by atoms with Gasteiger partial charge in [-0.1, -0.05) is 139 Å². The number of para-hydroxylation sites is 2. The minimum atomic E-state index is -1.34. The molecule has 0 unspecified atom stereocenters. The summed E-state index contributed by atoms with van der Waals surface area (Å²) in [6.07, 6.45) is 3.24. The van der Waals surface area contributed by atoms with E-state index in [4.69, 9.17) is 14.4 Å². The maximum atomic E-state index is 6.49. The zero-order valence-corrected chi connectivity index (χ0v) is 41.0. The third-order valence-corrected chi connectivity index (χ3v) is 13.3. The first-order chi connectivity index (χ1) is 29.2. The fourth-order valence-electron chi connectivity index (χ4n) is 8.18. The number of rotatable bonds is 8. The van der Waals surface area contributed by atoms with E-state index in [-0.39, 0.29) is 25.5 Å². The molecule has 0 spiro atoms. The van der Waals surface area contributed by atoms with Crippen molar-refractivity contribution in [2.45, 2.75) is 85.9 Å². The molecule has 1 radical (unpaired) electrons. The fraction of sp³-hybridized carbons (Fsp3) is 0.255. The smallest absolute Gasteiger partial charge is 0.216 e. The summed E-state index contributed by atoms with van der Waals surface area (Å²) in [5.74, 6) is 1.79. The normalized spacial score (nSPS) is 11.9. The van der Waals surface area contributed by atoms with Crippen LogP contribution in [-0.4, -0.2) is 27.6 Å². The van der Waals surface area contributed by atoms with E-state index in [0.717, 1.165) is 67.8 Å². The van der Waals surface area contributed by atoms with Gasteiger partial charge in [0.2, 0.25) is 5.71 Å². The zero-order chi connectivity index (χ0) is 43.1. The van der Waals surface area contributed by atoms with E-state index < -0.39 is 8.07 Å². The number of aromatic nitrogens is 4. The molecule has 5 nitrogen and oxygen atoms in total. The predicted molar refractivity (Wildman–Crippen MR) is 259 cm³/mol. The quantitative estimate of drug-likeness (QED) is 0.112. The molecule has 4 aromatic heterocycles. The molecule has 9 aromatic rings. The van der Waals surface area contributed by atoms with Crippen molar-refractivity contribution < 1.29 is 24.5 Å². The van der Waals surface area contributed by atoms with Crippen LogP contribution in [-0.2, 0) is 31.9 Å². The molecule has 7 heteroatoms. The maximum absolute atomic E-state index is 6.49. The minimum absolute atomic E-state index is 0. The molecule has 0 atom stereocenters. The summed E-state index contributed by atoms with van der Waals surface area (Å²) in [4.78, 5) is 14.7. The van der Waals surface area contributed by atoms with Crippen LogP contribution >= 0.6 is 0 Å². The standard InChI is InChI=1S/C37H32N3O.C18H24NSi.Ir/c1-23(2)30-20-19-27-26-14-11-15-28(34(26)41-36(27)39-30)35-38-31-16-9-10-17-33(31)40(35)32-21-18-25(22-29(32)37(3,4)5)24-12-7-6-8-13-24;1-14(2)11-16-12-17(15-9-7-6-8-10-15)19-13-18(16)20(3,4)5;/h6-14,16-23H,1-5H3;6-9,12-14H,11H2,1-5H3;/q2*-1;. The van der Waals surface area contributed by atoms with Gasteiger partial charge in [0.1, 0.15) is 0 Å². The van der Waals surface area contributed by atoms with E-state index in [1.165, 1.54) is 27.4 Å². The molecule has 0 bridgehead atoms. The van der Waals surface area contributed by atoms with E-state index in [9.17, 15) is 0 Å². The predicted octanol–water partition coefficient (Wildman–Crippen LogP) is 14.2. The second kappa shape index (κ2) is 18.1. The largest absolute Gasteiger partial charge is 0.486 e. The average Bonchev–Trinajstić information content (AvgIpc) is 3.82. The van der Waals surface area contributed by atoms with Crippen molar-refractivity contribution >= 4 is 46.4 Å². The van der Waals surface area contributed by atoms with E-state index in [0.29, 0.717) is 17.5 Å². The molecule has 317 valence electrons. The molecular formula is C55H56IrN4OSi-2. The second-order valence-electron chi connectivity index (χ2n) is 18.9. The summed E-state index contributed by atoms with van der Waals surface area (Å²) >= 11 is 0. The number of fused-ring (bicyclic) bond motifs is 4. The van der Waals surface area contributed by atoms with Crippen molar-refractivity contribution in [1.29, 1.82) is 0 Å². The van der Waals surface area contributed by atoms with Crippen molar-refractivity contribution in [2.24, 2.45) is 5.92 Å². The van der Waals surface area contributed by atoms with E-state index in [1.807, 2.05) is 30.3 Å². The van der Waals surface area contributed by atoms with Gasteiger partial charge in [-0.2, -0.15) is 0 Å². The number of hydrogen-bond acceptors (Lipinski definition) is 4. The summed E-state index contributed by atoms with van der Waals surface area (Å²) in [5.41, 5.74) is 13.4. The first-order valence-electron chi connectivity index (χ1n) is 21.6. The Morgan fingerprint density at radius 1 is 0.726 bits per heavy atom. The summed E-state index contributed by atoms with van der Waals surface area (Å²) < 4.78 is 8.77. The topological polar surface area (TPSA) is 56.7 Å². The minimum Gasteiger partial charge on any atom is -0.486 e. The molecule has 0 amide bonds. The van der Waals surface area contributed by atoms with Gasteiger partial charge in [-0.3, -0.25) is 4.98 Å². The van der Waals surface area contributed by atoms with Crippen LogP contribution in [0.25, 0.3) is 72.6 Å². The van der Waals surface area contributed by atoms with Gasteiger partial charge in [-0.25, -0.2) is 4.98 Å². The van der Waals surface area contributed by atoms with Crippen molar-refractivity contribution in [3.63, 3.8) is 0 Å². The molecule has 9 rings (SSSR count). The summed E-state index contributed by atoms with van der Waals surface area (Å²) in [6, 6.07) is 51.0. The molecule has 0 saturated heterocycles. The first kappa shape index (κ1) is 44.6. The van der Waals surface area contributed by atoms with Gasteiger partial charge in [0.05, 0.1) is 30.5 Å². The third-order valence-electron chi connectivity index (χ3n) is 11.3. The van der Waals surface area contributed by atoms with Crippen LogP contribution in [0.5, 0.6) is 0 Å². The Kier molecular flexibility index (Phi) is 13.0. The average molecular weight is 1010 g/mol. The van der Waals surface area contributed by atoms with Crippen LogP contribution in [0.3, 0.4) is 0 Å². The number of furan rings is 1. The Bertz CT molecular complexity index is 2970. The van der Waals surface area contributed by atoms with Crippen molar-refractivity contribution in [1.82, 2.24) is 19.5 Å². The number of hydrogen-bond donors (Lipinski definition) is 0. The van der Waals surface area contributed by atoms with E-state index in [2.05, 4.69) is 193 Å². The molecule has 0 fully saturated rings. The number of pyridine rings is 2. The van der Waals surface area contributed by atoms with Crippen LogP contribution in [0, 0.1) is 18.1 Å². The van der Waals surface area contributed by atoms with Gasteiger partial charge in [0.15, 0.2) is 0 Å². The van der Waals surface area contributed by atoms with Gasteiger partial charge in [-0.15, -0.1) is 54.1 Å². The van der Waals surface area contributed by atoms with Gasteiger partial charge in [0.25, 0.3) is 0 Å². The number of benzene rings is 5. The number of imidazole rings is 1. The summed E-state index contributed by atoms with van der Waals surface area (Å²) in [6.45, 7) is 22.8. The first-order valence-corrected chi connectivity index (χ1v) is 25.1. The zero-order valence-electron chi connectivity index (χ0n) is 37.6. The van der Waals surface area contributed by atoms with Gasteiger partial charge < -0.3 is 14.0 Å². The molecule has 4 heterocycles. The SMILES string of the molecule is CC(C)Cc1cc(-c2[c-]cccc2)ncc1[Si](C)(C)C.CC(C)c1ccc2c(n1)oc1c(-c3nc4ccccc4n3-c3ccc(-c4ccccc4)cc3C(C)(C)C)[c-]ccc12.[Ir]. The molecule has 0 saturated carbocycles. The van der Waals surface area contributed by atoms with Gasteiger partial charge in [-0.05, 0) is 87.6 Å². The Morgan fingerprint density at radius 2 is 1.47 bits per heavy atom. The Hall–Kier alpha value is -5.46. The third kappa shape index (κ3) is 9.17. The fourth-order valence-corrected chi connectivity index (χ4v) is 9.77. The Balaban J connectivity index is 0.000000233. The van der Waals surface area contributed by atoms with Gasteiger partial charge in [0, 0.05) is 43.1 Å². The van der Waals surface area contributed by atoms with Crippen LogP contribution in [0.4, 0.5) is 0 Å². The monoisotopic (exact) mass is 1010 g/mol. The maximum Gasteiger partial charge on any atom is 0.216 e.